The van der Waals surface area contributed by atoms with Crippen molar-refractivity contribution in [3.8, 4) is 0 Å². The van der Waals surface area contributed by atoms with Crippen molar-refractivity contribution >= 4 is 56.5 Å². The molecular weight excluding hydrogens is 511 g/mol. The SMILES string of the molecule is CCCCOC(=O)c1ccc(NC(=O)CN(c2cc(Cl)cc(Cl)c2)S(=O)(=O)c2ccccc2)cc1. The molecule has 0 bridgehead atoms. The Morgan fingerprint density at radius 3 is 2.17 bits per heavy atom. The Labute approximate surface area is 214 Å². The van der Waals surface area contributed by atoms with Crippen LogP contribution in [0.1, 0.15) is 30.1 Å². The van der Waals surface area contributed by atoms with E-state index >= 15 is 0 Å². The van der Waals surface area contributed by atoms with E-state index in [0.717, 1.165) is 17.1 Å². The average molecular weight is 535 g/mol. The first kappa shape index (κ1) is 26.5. The highest BCUT2D eigenvalue weighted by Gasteiger charge is 2.27. The summed E-state index contributed by atoms with van der Waals surface area (Å²) >= 11 is 12.2. The predicted octanol–water partition coefficient (Wildman–Crippen LogP) is 5.78. The van der Waals surface area contributed by atoms with Crippen LogP contribution in [-0.2, 0) is 19.6 Å². The first-order valence-corrected chi connectivity index (χ1v) is 13.0. The van der Waals surface area contributed by atoms with Gasteiger partial charge in [-0.2, -0.15) is 0 Å². The molecule has 0 heterocycles. The minimum atomic E-state index is -4.11. The molecule has 0 saturated carbocycles. The molecule has 3 aromatic rings. The van der Waals surface area contributed by atoms with Crippen LogP contribution in [0, 0.1) is 0 Å². The lowest BCUT2D eigenvalue weighted by molar-refractivity contribution is -0.114. The van der Waals surface area contributed by atoms with Gasteiger partial charge in [-0.1, -0.05) is 54.7 Å². The quantitative estimate of drug-likeness (QED) is 0.262. The molecule has 10 heteroatoms. The van der Waals surface area contributed by atoms with Crippen molar-refractivity contribution < 1.29 is 22.7 Å². The number of carbonyl (C=O) groups is 2. The molecule has 1 amide bonds. The molecule has 0 aromatic heterocycles. The molecular formula is C25H24Cl2N2O5S. The first-order chi connectivity index (χ1) is 16.7. The molecule has 0 saturated heterocycles. The highest BCUT2D eigenvalue weighted by Crippen LogP contribution is 2.29. The van der Waals surface area contributed by atoms with Crippen molar-refractivity contribution in [1.82, 2.24) is 0 Å². The molecule has 0 aliphatic carbocycles. The van der Waals surface area contributed by atoms with Gasteiger partial charge in [0, 0.05) is 15.7 Å². The predicted molar refractivity (Wildman–Crippen MR) is 138 cm³/mol. The topological polar surface area (TPSA) is 92.8 Å². The summed E-state index contributed by atoms with van der Waals surface area (Å²) in [5, 5.41) is 3.10. The Balaban J connectivity index is 1.80. The van der Waals surface area contributed by atoms with Gasteiger partial charge in [-0.15, -0.1) is 0 Å². The maximum atomic E-state index is 13.4. The van der Waals surface area contributed by atoms with E-state index < -0.39 is 28.4 Å². The van der Waals surface area contributed by atoms with Crippen LogP contribution in [0.4, 0.5) is 11.4 Å². The minimum Gasteiger partial charge on any atom is -0.462 e. The summed E-state index contributed by atoms with van der Waals surface area (Å²) in [5.74, 6) is -1.05. The van der Waals surface area contributed by atoms with Gasteiger partial charge in [0.2, 0.25) is 5.91 Å². The molecule has 0 fully saturated rings. The second kappa shape index (κ2) is 12.1. The lowest BCUT2D eigenvalue weighted by atomic mass is 10.2. The van der Waals surface area contributed by atoms with Crippen molar-refractivity contribution in [1.29, 1.82) is 0 Å². The third kappa shape index (κ3) is 7.21. The largest absolute Gasteiger partial charge is 0.462 e. The van der Waals surface area contributed by atoms with Gasteiger partial charge in [0.25, 0.3) is 10.0 Å². The van der Waals surface area contributed by atoms with Crippen LogP contribution in [0.15, 0.2) is 77.7 Å². The van der Waals surface area contributed by atoms with E-state index in [-0.39, 0.29) is 20.6 Å². The lowest BCUT2D eigenvalue weighted by Gasteiger charge is -2.24. The maximum Gasteiger partial charge on any atom is 0.338 e. The summed E-state index contributed by atoms with van der Waals surface area (Å²) in [7, 11) is -4.11. The lowest BCUT2D eigenvalue weighted by Crippen LogP contribution is -2.38. The van der Waals surface area contributed by atoms with Crippen LogP contribution in [-0.4, -0.2) is 33.4 Å². The monoisotopic (exact) mass is 534 g/mol. The minimum absolute atomic E-state index is 0.00911. The molecule has 3 aromatic carbocycles. The molecule has 0 radical (unpaired) electrons. The highest BCUT2D eigenvalue weighted by molar-refractivity contribution is 7.92. The molecule has 35 heavy (non-hydrogen) atoms. The molecule has 0 atom stereocenters. The standard InChI is InChI=1S/C25H24Cl2N2O5S/c1-2-3-13-34-25(31)18-9-11-21(12-10-18)28-24(30)17-29(22-15-19(26)14-20(27)16-22)35(32,33)23-7-5-4-6-8-23/h4-12,14-16H,2-3,13,17H2,1H3,(H,28,30). The van der Waals surface area contributed by atoms with Crippen molar-refractivity contribution in [2.45, 2.75) is 24.7 Å². The molecule has 3 rings (SSSR count). The zero-order chi connectivity index (χ0) is 25.4. The first-order valence-electron chi connectivity index (χ1n) is 10.8. The number of nitrogens with one attached hydrogen (secondary N) is 1. The van der Waals surface area contributed by atoms with E-state index in [4.69, 9.17) is 27.9 Å². The number of anilines is 2. The smallest absolute Gasteiger partial charge is 0.338 e. The van der Waals surface area contributed by atoms with E-state index in [1.165, 1.54) is 42.5 Å². The molecule has 0 aliphatic rings. The summed E-state index contributed by atoms with van der Waals surface area (Å²) in [6, 6.07) is 18.2. The van der Waals surface area contributed by atoms with E-state index in [1.807, 2.05) is 6.92 Å². The normalized spacial score (nSPS) is 11.1. The molecule has 7 nitrogen and oxygen atoms in total. The third-order valence-electron chi connectivity index (χ3n) is 4.89. The number of halogens is 2. The van der Waals surface area contributed by atoms with Crippen LogP contribution >= 0.6 is 23.2 Å². The summed E-state index contributed by atoms with van der Waals surface area (Å²) in [5.41, 5.74) is 0.883. The van der Waals surface area contributed by atoms with Gasteiger partial charge in [-0.05, 0) is 61.0 Å². The molecule has 184 valence electrons. The maximum absolute atomic E-state index is 13.4. The van der Waals surface area contributed by atoms with Gasteiger partial charge in [-0.25, -0.2) is 13.2 Å². The number of carbonyl (C=O) groups excluding carboxylic acids is 2. The number of hydrogen-bond donors (Lipinski definition) is 1. The zero-order valence-corrected chi connectivity index (χ0v) is 21.2. The number of benzene rings is 3. The summed E-state index contributed by atoms with van der Waals surface area (Å²) in [4.78, 5) is 24.9. The van der Waals surface area contributed by atoms with Gasteiger partial charge in [0.15, 0.2) is 0 Å². The number of unbranched alkanes of at least 4 members (excludes halogenated alkanes) is 1. The second-order valence-electron chi connectivity index (χ2n) is 7.57. The van der Waals surface area contributed by atoms with Crippen molar-refractivity contribution in [3.05, 3.63) is 88.4 Å². The number of nitrogens with zero attached hydrogens (tertiary/aromatic N) is 1. The van der Waals surface area contributed by atoms with E-state index in [0.29, 0.717) is 17.9 Å². The Morgan fingerprint density at radius 2 is 1.57 bits per heavy atom. The average Bonchev–Trinajstić information content (AvgIpc) is 2.83. The Bertz CT molecular complexity index is 1260. The number of amides is 1. The number of esters is 1. The summed E-state index contributed by atoms with van der Waals surface area (Å²) in [6.45, 7) is 1.81. The van der Waals surface area contributed by atoms with Crippen LogP contribution in [0.2, 0.25) is 10.0 Å². The summed E-state index contributed by atoms with van der Waals surface area (Å²) < 4.78 is 32.9. The van der Waals surface area contributed by atoms with Crippen LogP contribution in [0.25, 0.3) is 0 Å². The van der Waals surface area contributed by atoms with Gasteiger partial charge >= 0.3 is 5.97 Å². The van der Waals surface area contributed by atoms with Crippen LogP contribution in [0.3, 0.4) is 0 Å². The highest BCUT2D eigenvalue weighted by atomic mass is 35.5. The van der Waals surface area contributed by atoms with E-state index in [9.17, 15) is 18.0 Å². The van der Waals surface area contributed by atoms with Gasteiger partial charge < -0.3 is 10.1 Å². The second-order valence-corrected chi connectivity index (χ2v) is 10.3. The Kier molecular flexibility index (Phi) is 9.14. The third-order valence-corrected chi connectivity index (χ3v) is 7.11. The fraction of sp³-hybridized carbons (Fsp3) is 0.200. The van der Waals surface area contributed by atoms with Crippen molar-refractivity contribution in [2.24, 2.45) is 0 Å². The van der Waals surface area contributed by atoms with Crippen LogP contribution < -0.4 is 9.62 Å². The molecule has 0 spiro atoms. The molecule has 0 aliphatic heterocycles. The molecule has 0 unspecified atom stereocenters. The van der Waals surface area contributed by atoms with Gasteiger partial charge in [0.1, 0.15) is 6.54 Å². The summed E-state index contributed by atoms with van der Waals surface area (Å²) in [6.07, 6.45) is 1.69. The van der Waals surface area contributed by atoms with Gasteiger partial charge in [-0.3, -0.25) is 9.10 Å². The van der Waals surface area contributed by atoms with E-state index in [1.54, 1.807) is 30.3 Å². The number of ether oxygens (including phenoxy) is 1. The fourth-order valence-corrected chi connectivity index (χ4v) is 5.07. The van der Waals surface area contributed by atoms with Gasteiger partial charge in [0.05, 0.1) is 22.8 Å². The van der Waals surface area contributed by atoms with Crippen molar-refractivity contribution in [2.75, 3.05) is 22.8 Å². The fourth-order valence-electron chi connectivity index (χ4n) is 3.13. The van der Waals surface area contributed by atoms with Crippen molar-refractivity contribution in [3.63, 3.8) is 0 Å². The number of sulfonamides is 1. The van der Waals surface area contributed by atoms with E-state index in [2.05, 4.69) is 5.32 Å². The number of hydrogen-bond acceptors (Lipinski definition) is 5. The Morgan fingerprint density at radius 1 is 0.943 bits per heavy atom. The van der Waals surface area contributed by atoms with Crippen LogP contribution in [0.5, 0.6) is 0 Å². The molecule has 1 N–H and O–H groups in total. The Hall–Kier alpha value is -3.07. The number of rotatable bonds is 10. The zero-order valence-electron chi connectivity index (χ0n) is 18.9.